The number of aliphatic hydroxyl groups is 1. The molecule has 0 aromatic heterocycles. The predicted molar refractivity (Wildman–Crippen MR) is 123 cm³/mol. The van der Waals surface area contributed by atoms with Gasteiger partial charge in [0.15, 0.2) is 5.78 Å². The molecule has 0 saturated carbocycles. The Bertz CT molecular complexity index is 949. The number of alkyl halides is 1. The second-order valence-corrected chi connectivity index (χ2v) is 9.26. The highest BCUT2D eigenvalue weighted by molar-refractivity contribution is 6.22. The highest BCUT2D eigenvalue weighted by Crippen LogP contribution is 2.38. The van der Waals surface area contributed by atoms with E-state index in [0.29, 0.717) is 18.6 Å². The first-order valence-electron chi connectivity index (χ1n) is 10.6. The van der Waals surface area contributed by atoms with Crippen LogP contribution in [0.25, 0.3) is 0 Å². The first kappa shape index (κ1) is 23.4. The lowest BCUT2D eigenvalue weighted by Crippen LogP contribution is -2.54. The predicted octanol–water partition coefficient (Wildman–Crippen LogP) is 4.65. The summed E-state index contributed by atoms with van der Waals surface area (Å²) in [5.41, 5.74) is 4.55. The van der Waals surface area contributed by atoms with Crippen molar-refractivity contribution in [1.29, 1.82) is 0 Å². The van der Waals surface area contributed by atoms with Gasteiger partial charge in [-0.1, -0.05) is 11.1 Å². The van der Waals surface area contributed by atoms with Gasteiger partial charge in [0, 0.05) is 31.2 Å². The Kier molecular flexibility index (Phi) is 7.12. The molecule has 0 fully saturated rings. The zero-order valence-corrected chi connectivity index (χ0v) is 19.4. The monoisotopic (exact) mass is 446 g/mol. The van der Waals surface area contributed by atoms with Gasteiger partial charge < -0.3 is 20.5 Å². The Hall–Kier alpha value is -2.31. The molecule has 3 rings (SSSR count). The van der Waals surface area contributed by atoms with Gasteiger partial charge >= 0.3 is 0 Å². The van der Waals surface area contributed by atoms with Gasteiger partial charge in [-0.3, -0.25) is 9.59 Å². The summed E-state index contributed by atoms with van der Waals surface area (Å²) in [5.74, 6) is -0.726. The van der Waals surface area contributed by atoms with E-state index >= 15 is 0 Å². The number of halogens is 1. The number of hydrogen-bond donors (Lipinski definition) is 3. The van der Waals surface area contributed by atoms with Crippen LogP contribution in [-0.4, -0.2) is 41.4 Å². The van der Waals surface area contributed by atoms with Crippen molar-refractivity contribution in [3.05, 3.63) is 51.9 Å². The number of rotatable bonds is 7. The molecule has 1 aliphatic heterocycles. The number of allylic oxidation sites excluding steroid dienone is 4. The third-order valence-electron chi connectivity index (χ3n) is 6.35. The maximum atomic E-state index is 12.6. The average molecular weight is 447 g/mol. The second-order valence-electron chi connectivity index (χ2n) is 8.74. The van der Waals surface area contributed by atoms with E-state index < -0.39 is 11.4 Å². The van der Waals surface area contributed by atoms with E-state index in [9.17, 15) is 14.7 Å². The molecule has 0 spiro atoms. The van der Waals surface area contributed by atoms with Crippen LogP contribution in [0.2, 0.25) is 0 Å². The van der Waals surface area contributed by atoms with Crippen molar-refractivity contribution in [1.82, 2.24) is 5.32 Å². The first-order valence-corrected chi connectivity index (χ1v) is 11.0. The van der Waals surface area contributed by atoms with Crippen molar-refractivity contribution in [2.75, 3.05) is 19.0 Å². The van der Waals surface area contributed by atoms with Crippen LogP contribution in [0.4, 0.5) is 5.69 Å². The number of methoxy groups -OCH3 is 1. The Morgan fingerprint density at radius 3 is 2.68 bits per heavy atom. The molecule has 1 aliphatic carbocycles. The fourth-order valence-electron chi connectivity index (χ4n) is 4.07. The molecule has 2 atom stereocenters. The smallest absolute Gasteiger partial charge is 0.255 e. The molecule has 0 bridgehead atoms. The number of ketones is 1. The summed E-state index contributed by atoms with van der Waals surface area (Å²) in [6, 6.07) is 5.38. The summed E-state index contributed by atoms with van der Waals surface area (Å²) in [4.78, 5) is 24.5. The number of anilines is 1. The van der Waals surface area contributed by atoms with Crippen LogP contribution in [0, 0.1) is 0 Å². The topological polar surface area (TPSA) is 87.7 Å². The van der Waals surface area contributed by atoms with Crippen molar-refractivity contribution in [3.8, 4) is 0 Å². The first-order chi connectivity index (χ1) is 14.7. The lowest BCUT2D eigenvalue weighted by molar-refractivity contribution is -0.115. The number of ether oxygens (including phenoxy) is 1. The highest BCUT2D eigenvalue weighted by Gasteiger charge is 2.41. The fraction of sp³-hybridized carbons (Fsp3) is 0.500. The van der Waals surface area contributed by atoms with Crippen molar-refractivity contribution in [2.24, 2.45) is 0 Å². The molecule has 0 radical (unpaired) electrons. The minimum absolute atomic E-state index is 0.00446. The average Bonchev–Trinajstić information content (AvgIpc) is 3.04. The number of fused-ring (bicyclic) bond motifs is 1. The third kappa shape index (κ3) is 4.96. The van der Waals surface area contributed by atoms with E-state index in [-0.39, 0.29) is 35.5 Å². The Morgan fingerprint density at radius 1 is 1.32 bits per heavy atom. The number of hydrogen-bond acceptors (Lipinski definition) is 5. The van der Waals surface area contributed by atoms with Crippen LogP contribution in [0.15, 0.2) is 40.8 Å². The number of benzene rings is 1. The summed E-state index contributed by atoms with van der Waals surface area (Å²) >= 11 is 6.87. The molecule has 7 heteroatoms. The van der Waals surface area contributed by atoms with Gasteiger partial charge in [0.2, 0.25) is 0 Å². The van der Waals surface area contributed by atoms with Crippen molar-refractivity contribution in [3.63, 3.8) is 0 Å². The third-order valence-corrected chi connectivity index (χ3v) is 6.92. The van der Waals surface area contributed by atoms with Crippen LogP contribution in [0.5, 0.6) is 0 Å². The largest absolute Gasteiger partial charge is 0.510 e. The number of carbonyl (C=O) groups excluding carboxylic acids is 2. The SMILES string of the molecule is COC[C@]1(CCC(C)=C(C)C)Nc2ccc(C(=O)NC3=C(O)CCC3=O)cc2C[C@@H]1Cl. The van der Waals surface area contributed by atoms with E-state index in [2.05, 4.69) is 31.4 Å². The van der Waals surface area contributed by atoms with Gasteiger partial charge in [-0.2, -0.15) is 0 Å². The lowest BCUT2D eigenvalue weighted by Gasteiger charge is -2.43. The summed E-state index contributed by atoms with van der Waals surface area (Å²) in [7, 11) is 1.68. The molecule has 31 heavy (non-hydrogen) atoms. The molecule has 6 nitrogen and oxygen atoms in total. The van der Waals surface area contributed by atoms with Crippen LogP contribution < -0.4 is 10.6 Å². The summed E-state index contributed by atoms with van der Waals surface area (Å²) in [5, 5.41) is 15.7. The molecule has 1 amide bonds. The van der Waals surface area contributed by atoms with Gasteiger partial charge in [-0.05, 0) is 63.8 Å². The van der Waals surface area contributed by atoms with Crippen molar-refractivity contribution >= 4 is 29.0 Å². The number of Topliss-reactive ketones (excluding diaryl/α,β-unsaturated/α-hetero) is 1. The van der Waals surface area contributed by atoms with Crippen LogP contribution in [-0.2, 0) is 16.0 Å². The second kappa shape index (κ2) is 9.45. The van der Waals surface area contributed by atoms with Gasteiger partial charge in [0.25, 0.3) is 5.91 Å². The molecule has 3 N–H and O–H groups in total. The lowest BCUT2D eigenvalue weighted by atomic mass is 9.81. The van der Waals surface area contributed by atoms with E-state index in [0.717, 1.165) is 24.1 Å². The molecule has 168 valence electrons. The van der Waals surface area contributed by atoms with E-state index in [1.807, 2.05) is 6.07 Å². The summed E-state index contributed by atoms with van der Waals surface area (Å²) in [6.07, 6.45) is 2.84. The van der Waals surface area contributed by atoms with Crippen LogP contribution in [0.3, 0.4) is 0 Å². The van der Waals surface area contributed by atoms with Gasteiger partial charge in [0.05, 0.1) is 17.5 Å². The molecular formula is C24H31ClN2O4. The Balaban J connectivity index is 1.81. The number of carbonyl (C=O) groups is 2. The van der Waals surface area contributed by atoms with Crippen LogP contribution in [0.1, 0.15) is 62.4 Å². The molecule has 1 aromatic rings. The fourth-order valence-corrected chi connectivity index (χ4v) is 4.46. The molecule has 1 aromatic carbocycles. The van der Waals surface area contributed by atoms with E-state index in [4.69, 9.17) is 16.3 Å². The molecule has 0 unspecified atom stereocenters. The quantitative estimate of drug-likeness (QED) is 0.419. The molecule has 1 heterocycles. The normalized spacial score (nSPS) is 22.7. The van der Waals surface area contributed by atoms with E-state index in [1.165, 1.54) is 11.1 Å². The van der Waals surface area contributed by atoms with Gasteiger partial charge in [-0.25, -0.2) is 0 Å². The van der Waals surface area contributed by atoms with Crippen molar-refractivity contribution < 1.29 is 19.4 Å². The Labute approximate surface area is 188 Å². The minimum Gasteiger partial charge on any atom is -0.510 e. The number of aliphatic hydroxyl groups excluding tert-OH is 1. The van der Waals surface area contributed by atoms with Gasteiger partial charge in [-0.15, -0.1) is 11.6 Å². The summed E-state index contributed by atoms with van der Waals surface area (Å²) in [6.45, 7) is 6.85. The standard InChI is InChI=1S/C24H31ClN2O4/c1-14(2)15(3)9-10-24(13-31-4)21(25)12-17-11-16(5-6-18(17)27-24)23(30)26-22-19(28)7-8-20(22)29/h5-6,11,21,27-28H,7-10,12-13H2,1-4H3,(H,26,30)/t21-,24-/m0/s1. The number of amides is 1. The molecule has 0 saturated heterocycles. The zero-order valence-electron chi connectivity index (χ0n) is 18.6. The highest BCUT2D eigenvalue weighted by atomic mass is 35.5. The van der Waals surface area contributed by atoms with Crippen molar-refractivity contribution in [2.45, 2.75) is 63.8 Å². The minimum atomic E-state index is -0.418. The van der Waals surface area contributed by atoms with Gasteiger partial charge in [0.1, 0.15) is 11.5 Å². The number of nitrogens with one attached hydrogen (secondary N) is 2. The summed E-state index contributed by atoms with van der Waals surface area (Å²) < 4.78 is 5.53. The zero-order chi connectivity index (χ0) is 22.8. The molecular weight excluding hydrogens is 416 g/mol. The maximum Gasteiger partial charge on any atom is 0.255 e. The maximum absolute atomic E-state index is 12.6. The van der Waals surface area contributed by atoms with Crippen LogP contribution >= 0.6 is 11.6 Å². The Morgan fingerprint density at radius 2 is 2.06 bits per heavy atom. The molecule has 2 aliphatic rings. The van der Waals surface area contributed by atoms with E-state index in [1.54, 1.807) is 19.2 Å².